The first-order valence-electron chi connectivity index (χ1n) is 13.6. The number of hydrogen-bond acceptors (Lipinski definition) is 5. The number of aromatic nitrogens is 6. The highest BCUT2D eigenvalue weighted by molar-refractivity contribution is 7.70. The smallest absolute Gasteiger partial charge is 0.405 e. The van der Waals surface area contributed by atoms with Crippen molar-refractivity contribution < 1.29 is 31.3 Å². The van der Waals surface area contributed by atoms with Gasteiger partial charge in [-0.3, -0.25) is 4.68 Å². The largest absolute Gasteiger partial charge is 0.573 e. The van der Waals surface area contributed by atoms with Crippen molar-refractivity contribution in [2.75, 3.05) is 12.8 Å². The van der Waals surface area contributed by atoms with E-state index in [0.717, 1.165) is 23.2 Å². The average molecular weight is 619 g/mol. The summed E-state index contributed by atoms with van der Waals surface area (Å²) in [6.07, 6.45) is -3.91. The molecule has 0 spiro atoms. The minimum absolute atomic E-state index is 0.115. The fraction of sp³-hybridized carbons (Fsp3) is 0.345. The van der Waals surface area contributed by atoms with Crippen molar-refractivity contribution in [3.8, 4) is 34.2 Å². The van der Waals surface area contributed by atoms with Crippen LogP contribution in [0.2, 0.25) is 0 Å². The Balaban J connectivity index is 1.52. The molecule has 0 bridgehead atoms. The Morgan fingerprint density at radius 1 is 1.07 bits per heavy atom. The van der Waals surface area contributed by atoms with Crippen molar-refractivity contribution in [1.82, 2.24) is 29.1 Å². The normalized spacial score (nSPS) is 15.4. The second kappa shape index (κ2) is 10.3. The maximum atomic E-state index is 13.5. The first kappa shape index (κ1) is 29.1. The number of hydrogen-bond donors (Lipinski definition) is 0. The van der Waals surface area contributed by atoms with Crippen LogP contribution in [0.15, 0.2) is 48.7 Å². The third-order valence-corrected chi connectivity index (χ3v) is 10.4. The van der Waals surface area contributed by atoms with Crippen molar-refractivity contribution in [2.24, 2.45) is 14.1 Å². The van der Waals surface area contributed by atoms with Crippen molar-refractivity contribution in [2.45, 2.75) is 38.5 Å². The second-order valence-electron chi connectivity index (χ2n) is 10.8. The highest BCUT2D eigenvalue weighted by Gasteiger charge is 2.36. The lowest BCUT2D eigenvalue weighted by molar-refractivity contribution is -0.274. The van der Waals surface area contributed by atoms with Gasteiger partial charge < -0.3 is 13.9 Å². The highest BCUT2D eigenvalue weighted by atomic mass is 31.2. The lowest BCUT2D eigenvalue weighted by atomic mass is 10.0. The zero-order valence-corrected chi connectivity index (χ0v) is 24.6. The fourth-order valence-corrected chi connectivity index (χ4v) is 6.45. The van der Waals surface area contributed by atoms with E-state index < -0.39 is 25.7 Å². The van der Waals surface area contributed by atoms with E-state index in [0.29, 0.717) is 22.2 Å². The quantitative estimate of drug-likeness (QED) is 0.136. The lowest BCUT2D eigenvalue weighted by Gasteiger charge is -2.17. The molecule has 3 heterocycles. The van der Waals surface area contributed by atoms with Crippen molar-refractivity contribution in [3.05, 3.63) is 60.0 Å². The number of aryl methyl sites for hydroxylation is 1. The predicted octanol–water partition coefficient (Wildman–Crippen LogP) is 7.18. The van der Waals surface area contributed by atoms with Gasteiger partial charge in [-0.15, -0.1) is 13.2 Å². The summed E-state index contributed by atoms with van der Waals surface area (Å²) in [4.78, 5) is 4.88. The molecule has 0 unspecified atom stereocenters. The zero-order valence-electron chi connectivity index (χ0n) is 23.7. The van der Waals surface area contributed by atoms with Crippen LogP contribution in [0.3, 0.4) is 0 Å². The number of alkyl halides is 5. The van der Waals surface area contributed by atoms with Crippen LogP contribution in [0.5, 0.6) is 5.75 Å². The highest BCUT2D eigenvalue weighted by Crippen LogP contribution is 2.48. The topological polar surface area (TPSA) is 79.8 Å². The zero-order chi connectivity index (χ0) is 30.8. The van der Waals surface area contributed by atoms with Crippen LogP contribution in [-0.2, 0) is 18.7 Å². The summed E-state index contributed by atoms with van der Waals surface area (Å²) in [6, 6.07) is 10.9. The van der Waals surface area contributed by atoms with Crippen LogP contribution >= 0.6 is 7.14 Å². The Morgan fingerprint density at radius 2 is 1.81 bits per heavy atom. The summed E-state index contributed by atoms with van der Waals surface area (Å²) in [7, 11) is 0.298. The third kappa shape index (κ3) is 5.35. The van der Waals surface area contributed by atoms with Crippen LogP contribution in [0.25, 0.3) is 39.4 Å². The standard InChI is InChI=1S/C29H28F5N6O2P/c1-5-43(4,41)17-11-12-19(23(13-17)42-29(32,33)34)28-35-25(26(38(28)2)16-9-10-16)18-7-6-8-21-20(18)15-40(36-21)24-14-22(27(30)31)39(3)37-24/h6-8,11-16,27H,5,9-10H2,1-4H3/t43-/m0/s1. The first-order valence-corrected chi connectivity index (χ1v) is 16.0. The molecule has 6 rings (SSSR count). The molecule has 43 heavy (non-hydrogen) atoms. The molecule has 0 aliphatic heterocycles. The van der Waals surface area contributed by atoms with Gasteiger partial charge >= 0.3 is 6.36 Å². The van der Waals surface area contributed by atoms with Crippen LogP contribution in [0, 0.1) is 0 Å². The summed E-state index contributed by atoms with van der Waals surface area (Å²) < 4.78 is 89.2. The molecule has 2 aromatic carbocycles. The lowest BCUT2D eigenvalue weighted by Crippen LogP contribution is -2.19. The Hall–Kier alpha value is -3.99. The second-order valence-corrected chi connectivity index (χ2v) is 14.2. The first-order chi connectivity index (χ1) is 20.3. The molecule has 1 atom stereocenters. The summed E-state index contributed by atoms with van der Waals surface area (Å²) in [5.74, 6) is 0.163. The SMILES string of the molecule is CC[P@](C)(=O)c1ccc(-c2nc(-c3cccc4nn(-c5cc(C(F)F)n(C)n5)cc34)c(C3CC3)n2C)c(OC(F)(F)F)c1. The van der Waals surface area contributed by atoms with E-state index in [1.54, 1.807) is 42.9 Å². The van der Waals surface area contributed by atoms with Gasteiger partial charge in [-0.25, -0.2) is 18.4 Å². The van der Waals surface area contributed by atoms with Crippen LogP contribution in [-0.4, -0.2) is 48.3 Å². The molecule has 0 radical (unpaired) electrons. The Bertz CT molecular complexity index is 1900. The molecule has 14 heteroatoms. The Kier molecular flexibility index (Phi) is 6.99. The number of halogens is 5. The van der Waals surface area contributed by atoms with E-state index in [9.17, 15) is 26.5 Å². The van der Waals surface area contributed by atoms with Gasteiger partial charge in [0.05, 0.1) is 16.8 Å². The van der Waals surface area contributed by atoms with E-state index in [-0.39, 0.29) is 40.3 Å². The van der Waals surface area contributed by atoms with E-state index in [2.05, 4.69) is 14.9 Å². The molecule has 3 aromatic heterocycles. The van der Waals surface area contributed by atoms with Gasteiger partial charge in [0.15, 0.2) is 5.82 Å². The van der Waals surface area contributed by atoms with Crippen LogP contribution in [0.4, 0.5) is 22.0 Å². The molecule has 1 aliphatic carbocycles. The van der Waals surface area contributed by atoms with Crippen molar-refractivity contribution >= 4 is 23.3 Å². The van der Waals surface area contributed by atoms with Crippen molar-refractivity contribution in [3.63, 3.8) is 0 Å². The number of benzene rings is 2. The fourth-order valence-electron chi connectivity index (χ4n) is 5.31. The molecule has 0 N–H and O–H groups in total. The molecular weight excluding hydrogens is 590 g/mol. The number of rotatable bonds is 8. The minimum Gasteiger partial charge on any atom is -0.405 e. The maximum Gasteiger partial charge on any atom is 0.573 e. The molecule has 1 saturated carbocycles. The molecule has 0 amide bonds. The van der Waals surface area contributed by atoms with Gasteiger partial charge in [-0.2, -0.15) is 10.2 Å². The van der Waals surface area contributed by atoms with Gasteiger partial charge in [0.1, 0.15) is 24.4 Å². The summed E-state index contributed by atoms with van der Waals surface area (Å²) in [6.45, 7) is 3.25. The maximum absolute atomic E-state index is 13.5. The van der Waals surface area contributed by atoms with Gasteiger partial charge in [0, 0.05) is 60.4 Å². The Labute approximate surface area is 243 Å². The van der Waals surface area contributed by atoms with Crippen LogP contribution in [0.1, 0.15) is 43.5 Å². The summed E-state index contributed by atoms with van der Waals surface area (Å²) in [5, 5.41) is 9.68. The van der Waals surface area contributed by atoms with E-state index >= 15 is 0 Å². The molecule has 0 saturated heterocycles. The Morgan fingerprint density at radius 3 is 2.44 bits per heavy atom. The summed E-state index contributed by atoms with van der Waals surface area (Å²) in [5.41, 5.74) is 2.56. The van der Waals surface area contributed by atoms with Gasteiger partial charge in [-0.05, 0) is 37.7 Å². The number of ether oxygens (including phenoxy) is 1. The number of fused-ring (bicyclic) bond motifs is 1. The molecule has 5 aromatic rings. The van der Waals surface area contributed by atoms with E-state index in [1.807, 2.05) is 6.07 Å². The molecular formula is C29H28F5N6O2P. The number of imidazole rings is 1. The molecule has 226 valence electrons. The molecule has 8 nitrogen and oxygen atoms in total. The number of nitrogens with zero attached hydrogens (tertiary/aromatic N) is 6. The van der Waals surface area contributed by atoms with Gasteiger partial charge in [0.25, 0.3) is 6.43 Å². The monoisotopic (exact) mass is 618 g/mol. The predicted molar refractivity (Wildman–Crippen MR) is 153 cm³/mol. The van der Waals surface area contributed by atoms with Gasteiger partial charge in [0.2, 0.25) is 0 Å². The minimum atomic E-state index is -4.97. The molecule has 1 aliphatic rings. The average Bonchev–Trinajstić information content (AvgIpc) is 3.39. The van der Waals surface area contributed by atoms with Gasteiger partial charge in [-0.1, -0.05) is 25.1 Å². The van der Waals surface area contributed by atoms with E-state index in [1.165, 1.54) is 36.6 Å². The molecule has 1 fully saturated rings. The van der Waals surface area contributed by atoms with Crippen LogP contribution < -0.4 is 10.0 Å². The summed E-state index contributed by atoms with van der Waals surface area (Å²) >= 11 is 0. The van der Waals surface area contributed by atoms with Crippen molar-refractivity contribution in [1.29, 1.82) is 0 Å². The third-order valence-electron chi connectivity index (χ3n) is 7.85. The van der Waals surface area contributed by atoms with E-state index in [4.69, 9.17) is 4.98 Å².